The first-order chi connectivity index (χ1) is 1.91. The molecule has 0 rings (SSSR count). The molecule has 33 valence electrons. The van der Waals surface area contributed by atoms with Crippen LogP contribution in [0.2, 0.25) is 0 Å². The molecule has 0 nitrogen and oxygen atoms in total. The third kappa shape index (κ3) is 11.7. The number of rotatable bonds is 0. The van der Waals surface area contributed by atoms with Gasteiger partial charge in [0.15, 0.2) is 0 Å². The van der Waals surface area contributed by atoms with Crippen molar-refractivity contribution in [3.8, 4) is 0 Å². The largest absolute Gasteiger partial charge is 0.102 e. The summed E-state index contributed by atoms with van der Waals surface area (Å²) in [6.07, 6.45) is 2.87. The van der Waals surface area contributed by atoms with E-state index in [1.807, 2.05) is 12.6 Å². The third-order valence-electron chi connectivity index (χ3n) is 0.289. The second-order valence-electron chi connectivity index (χ2n) is 0.577. The van der Waals surface area contributed by atoms with E-state index in [9.17, 15) is 0 Å². The van der Waals surface area contributed by atoms with Gasteiger partial charge in [-0.15, -0.1) is 5.70 Å². The van der Waals surface area contributed by atoms with Crippen LogP contribution in [0.4, 0.5) is 0 Å². The Hall–Kier alpha value is 0.756. The van der Waals surface area contributed by atoms with Crippen LogP contribution in [0.25, 0.3) is 0 Å². The Labute approximate surface area is 57.5 Å². The van der Waals surface area contributed by atoms with Crippen LogP contribution < -0.4 is 0 Å². The molecule has 0 heterocycles. The quantitative estimate of drug-likeness (QED) is 0.480. The smallest absolute Gasteiger partial charge is 0.0294 e. The van der Waals surface area contributed by atoms with Crippen LogP contribution in [0, 0.1) is 6.08 Å². The topological polar surface area (TPSA) is 0 Å². The molecule has 0 N–H and O–H groups in total. The summed E-state index contributed by atoms with van der Waals surface area (Å²) in [5.41, 5.74) is 2.01. The van der Waals surface area contributed by atoms with Gasteiger partial charge in [0.2, 0.25) is 0 Å². The minimum Gasteiger partial charge on any atom is -0.102 e. The van der Waals surface area contributed by atoms with Crippen molar-refractivity contribution in [2.75, 3.05) is 0 Å². The van der Waals surface area contributed by atoms with Crippen molar-refractivity contribution in [2.24, 2.45) is 0 Å². The van der Waals surface area contributed by atoms with E-state index in [4.69, 9.17) is 0 Å². The van der Waals surface area contributed by atoms with E-state index in [1.54, 1.807) is 0 Å². The first kappa shape index (κ1) is 9.23. The van der Waals surface area contributed by atoms with E-state index in [1.165, 1.54) is 0 Å². The Morgan fingerprint density at radius 1 is 2.00 bits per heavy atom. The fraction of sp³-hybridized carbons (Fsp3) is 0.333. The number of hydrogen-bond donors (Lipinski definition) is 0. The summed E-state index contributed by atoms with van der Waals surface area (Å²) in [6.45, 7) is 1.91. The number of allylic oxidation sites excluding steroid dienone is 1. The number of hydrogen-bond acceptors (Lipinski definition) is 0. The molecule has 0 fully saturated rings. The molecule has 0 aliphatic carbocycles. The van der Waals surface area contributed by atoms with Crippen LogP contribution in [0.15, 0.2) is 5.70 Å². The molecule has 2 heteroatoms. The van der Waals surface area contributed by atoms with Gasteiger partial charge in [0.05, 0.1) is 0 Å². The molecular weight excluding hydrogens is 183 g/mol. The predicted molar refractivity (Wildman–Crippen MR) is 35.5 cm³/mol. The zero-order valence-electron chi connectivity index (χ0n) is 3.58. The Kier molecular flexibility index (Phi) is 16.3. The molecule has 0 aromatic heterocycles. The summed E-state index contributed by atoms with van der Waals surface area (Å²) in [5, 5.41) is 0. The Morgan fingerprint density at radius 3 is 2.20 bits per heavy atom. The predicted octanol–water partition coefficient (Wildman–Crippen LogP) is 0.0458. The summed E-state index contributed by atoms with van der Waals surface area (Å²) < 4.78 is 0. The van der Waals surface area contributed by atoms with Gasteiger partial charge < -0.3 is 0 Å². The van der Waals surface area contributed by atoms with Crippen LogP contribution in [-0.2, 0) is 0 Å². The van der Waals surface area contributed by atoms with Gasteiger partial charge in [-0.05, 0) is 6.92 Å². The average molecular weight is 196 g/mol. The zero-order chi connectivity index (χ0) is 3.41. The maximum Gasteiger partial charge on any atom is 0.0294 e. The first-order valence-corrected chi connectivity index (χ1v) is 2.52. The first-order valence-electron chi connectivity index (χ1n) is 1.37. The van der Waals surface area contributed by atoms with Gasteiger partial charge in [0.1, 0.15) is 0 Å². The van der Waals surface area contributed by atoms with Gasteiger partial charge in [-0.1, -0.05) is 6.08 Å². The van der Waals surface area contributed by atoms with Crippen molar-refractivity contribution in [2.45, 2.75) is 6.92 Å². The van der Waals surface area contributed by atoms with E-state index in [0.717, 1.165) is 10.2 Å². The van der Waals surface area contributed by atoms with Crippen LogP contribution in [0.5, 0.6) is 0 Å². The maximum absolute atomic E-state index is 2.87. The Morgan fingerprint density at radius 2 is 2.20 bits per heavy atom. The molecule has 5 radical (unpaired) electrons. The summed E-state index contributed by atoms with van der Waals surface area (Å²) in [6, 6.07) is 0. The molecule has 0 unspecified atom stereocenters. The second kappa shape index (κ2) is 8.83. The molecule has 0 saturated heterocycles. The molecule has 0 saturated carbocycles. The van der Waals surface area contributed by atoms with Gasteiger partial charge in [-0.2, -0.15) is 0 Å². The monoisotopic (exact) mass is 197 g/mol. The van der Waals surface area contributed by atoms with Gasteiger partial charge in [-0.25, -0.2) is 0 Å². The van der Waals surface area contributed by atoms with Crippen molar-refractivity contribution in [3.63, 3.8) is 0 Å². The van der Waals surface area contributed by atoms with Crippen LogP contribution in [-0.4, -0.2) is 34.2 Å². The van der Waals surface area contributed by atoms with Gasteiger partial charge in [0, 0.05) is 38.4 Å². The standard InChI is InChI=1S/C3H7Si.Sn.3H2/c1-2-3-4;;;;/h3H,1,4H3;;3*1H. The molecule has 0 atom stereocenters. The fourth-order valence-corrected chi connectivity index (χ4v) is 0. The molecular formula is C3H13SiSn. The third-order valence-corrected chi connectivity index (χ3v) is 0.866. The van der Waals surface area contributed by atoms with Crippen molar-refractivity contribution >= 4 is 34.2 Å². The molecule has 0 amide bonds. The molecule has 0 aliphatic heterocycles. The van der Waals surface area contributed by atoms with Crippen LogP contribution in [0.1, 0.15) is 11.2 Å². The van der Waals surface area contributed by atoms with Crippen LogP contribution in [0.3, 0.4) is 0 Å². The van der Waals surface area contributed by atoms with Gasteiger partial charge in [0.25, 0.3) is 0 Å². The molecule has 0 aromatic rings. The van der Waals surface area contributed by atoms with E-state index in [2.05, 4.69) is 6.08 Å². The van der Waals surface area contributed by atoms with E-state index in [-0.39, 0.29) is 28.2 Å². The Bertz CT molecular complexity index is 29.7. The maximum atomic E-state index is 2.87. The molecule has 0 aliphatic rings. The minimum atomic E-state index is 0. The van der Waals surface area contributed by atoms with Crippen molar-refractivity contribution in [3.05, 3.63) is 11.8 Å². The summed E-state index contributed by atoms with van der Waals surface area (Å²) in [5.74, 6) is 0. The minimum absolute atomic E-state index is 0. The average Bonchev–Trinajstić information content (AvgIpc) is 1.37. The SMILES string of the molecule is C[C]=C[SiH3].[HH].[HH].[HH].[Sn]. The van der Waals surface area contributed by atoms with Gasteiger partial charge >= 0.3 is 0 Å². The Balaban J connectivity index is -0.00000000750. The van der Waals surface area contributed by atoms with E-state index >= 15 is 0 Å². The van der Waals surface area contributed by atoms with E-state index in [0.29, 0.717) is 0 Å². The normalized spacial score (nSPS) is 8.20. The van der Waals surface area contributed by atoms with Crippen LogP contribution >= 0.6 is 0 Å². The van der Waals surface area contributed by atoms with E-state index < -0.39 is 0 Å². The molecule has 0 bridgehead atoms. The van der Waals surface area contributed by atoms with Crippen molar-refractivity contribution in [1.29, 1.82) is 0 Å². The second-order valence-corrected chi connectivity index (χ2v) is 1.15. The molecule has 0 spiro atoms. The summed E-state index contributed by atoms with van der Waals surface area (Å²) in [7, 11) is 1.15. The summed E-state index contributed by atoms with van der Waals surface area (Å²) >= 11 is 0. The fourth-order valence-electron chi connectivity index (χ4n) is 0. The molecule has 5 heavy (non-hydrogen) atoms. The summed E-state index contributed by atoms with van der Waals surface area (Å²) in [4.78, 5) is 0. The van der Waals surface area contributed by atoms with Crippen molar-refractivity contribution < 1.29 is 4.28 Å². The molecule has 0 aromatic carbocycles. The van der Waals surface area contributed by atoms with Crippen molar-refractivity contribution in [1.82, 2.24) is 0 Å². The van der Waals surface area contributed by atoms with Gasteiger partial charge in [-0.3, -0.25) is 0 Å². The zero-order valence-corrected chi connectivity index (χ0v) is 8.43.